The van der Waals surface area contributed by atoms with Crippen molar-refractivity contribution >= 4 is 55.2 Å². The van der Waals surface area contributed by atoms with Crippen LogP contribution < -0.4 is 15.8 Å². The minimum Gasteiger partial charge on any atom is -0.422 e. The summed E-state index contributed by atoms with van der Waals surface area (Å²) in [7, 11) is 0. The molecule has 2 aromatic heterocycles. The van der Waals surface area contributed by atoms with E-state index in [2.05, 4.69) is 15.1 Å². The number of rotatable bonds is 5. The predicted octanol–water partition coefficient (Wildman–Crippen LogP) is 3.92. The number of fused-ring (bicyclic) bond motifs is 2. The van der Waals surface area contributed by atoms with Crippen LogP contribution in [-0.2, 0) is 0 Å². The first-order valence-electron chi connectivity index (χ1n) is 10.8. The second-order valence-corrected chi connectivity index (χ2v) is 9.50. The zero-order valence-electron chi connectivity index (χ0n) is 18.1. The Morgan fingerprint density at radius 2 is 1.97 bits per heavy atom. The van der Waals surface area contributed by atoms with Gasteiger partial charge in [-0.3, -0.25) is 9.69 Å². The molecule has 170 valence electrons. The summed E-state index contributed by atoms with van der Waals surface area (Å²) < 4.78 is 6.40. The fourth-order valence-corrected chi connectivity index (χ4v) is 5.26. The van der Waals surface area contributed by atoms with Crippen molar-refractivity contribution < 1.29 is 9.21 Å². The van der Waals surface area contributed by atoms with Crippen LogP contribution in [0, 0.1) is 6.92 Å². The Hall–Kier alpha value is -2.94. The smallest absolute Gasteiger partial charge is 0.349 e. The highest BCUT2D eigenvalue weighted by Crippen LogP contribution is 2.33. The number of aromatic nitrogens is 1. The van der Waals surface area contributed by atoms with E-state index in [0.717, 1.165) is 57.5 Å². The molecule has 0 aliphatic carbocycles. The summed E-state index contributed by atoms with van der Waals surface area (Å²) in [6.07, 6.45) is 0. The molecule has 1 aliphatic rings. The Morgan fingerprint density at radius 3 is 2.79 bits per heavy atom. The number of hydrogen-bond acceptors (Lipinski definition) is 7. The van der Waals surface area contributed by atoms with E-state index in [1.165, 1.54) is 0 Å². The van der Waals surface area contributed by atoms with Crippen molar-refractivity contribution in [2.45, 2.75) is 6.92 Å². The standard InChI is InChI=1S/C24H23ClN4O3S/c1-15-18(25)6-7-20-21(15)27-24(33-20)29-12-10-28(11-13-29)9-8-26-22(30)17-14-16-4-2-3-5-19(16)32-23(17)31/h2-7,14H,8-13H2,1H3,(H,26,30). The van der Waals surface area contributed by atoms with E-state index < -0.39 is 11.5 Å². The number of carbonyl (C=O) groups excluding carboxylic acids is 1. The molecule has 7 nitrogen and oxygen atoms in total. The van der Waals surface area contributed by atoms with Crippen LogP contribution in [0.4, 0.5) is 5.13 Å². The summed E-state index contributed by atoms with van der Waals surface area (Å²) in [6.45, 7) is 6.68. The molecule has 33 heavy (non-hydrogen) atoms. The van der Waals surface area contributed by atoms with Crippen LogP contribution in [0.3, 0.4) is 0 Å². The number of benzene rings is 2. The molecule has 1 aliphatic heterocycles. The Labute approximate surface area is 199 Å². The van der Waals surface area contributed by atoms with Crippen LogP contribution in [0.25, 0.3) is 21.2 Å². The third kappa shape index (κ3) is 4.46. The van der Waals surface area contributed by atoms with Gasteiger partial charge in [0.05, 0.1) is 10.2 Å². The van der Waals surface area contributed by atoms with Gasteiger partial charge >= 0.3 is 5.63 Å². The predicted molar refractivity (Wildman–Crippen MR) is 133 cm³/mol. The maximum absolute atomic E-state index is 12.5. The molecule has 0 unspecified atom stereocenters. The van der Waals surface area contributed by atoms with Crippen LogP contribution in [0.1, 0.15) is 15.9 Å². The van der Waals surface area contributed by atoms with Gasteiger partial charge in [-0.25, -0.2) is 9.78 Å². The van der Waals surface area contributed by atoms with Gasteiger partial charge in [0, 0.05) is 49.7 Å². The Bertz CT molecular complexity index is 1390. The van der Waals surface area contributed by atoms with Crippen LogP contribution >= 0.6 is 22.9 Å². The monoisotopic (exact) mass is 482 g/mol. The number of thiazole rings is 1. The normalized spacial score (nSPS) is 14.8. The number of hydrogen-bond donors (Lipinski definition) is 1. The van der Waals surface area contributed by atoms with Crippen molar-refractivity contribution in [3.8, 4) is 0 Å². The molecule has 4 aromatic rings. The van der Waals surface area contributed by atoms with E-state index in [9.17, 15) is 9.59 Å². The highest BCUT2D eigenvalue weighted by molar-refractivity contribution is 7.22. The van der Waals surface area contributed by atoms with E-state index >= 15 is 0 Å². The van der Waals surface area contributed by atoms with Crippen molar-refractivity contribution in [3.63, 3.8) is 0 Å². The molecule has 0 radical (unpaired) electrons. The van der Waals surface area contributed by atoms with Gasteiger partial charge in [0.2, 0.25) is 0 Å². The Morgan fingerprint density at radius 1 is 1.18 bits per heavy atom. The van der Waals surface area contributed by atoms with E-state index in [4.69, 9.17) is 21.0 Å². The number of nitrogens with one attached hydrogen (secondary N) is 1. The van der Waals surface area contributed by atoms with Gasteiger partial charge in [0.25, 0.3) is 5.91 Å². The van der Waals surface area contributed by atoms with Gasteiger partial charge in [-0.15, -0.1) is 0 Å². The lowest BCUT2D eigenvalue weighted by Gasteiger charge is -2.34. The molecule has 1 N–H and O–H groups in total. The summed E-state index contributed by atoms with van der Waals surface area (Å²) >= 11 is 7.93. The summed E-state index contributed by atoms with van der Waals surface area (Å²) in [5.41, 5.74) is 1.89. The highest BCUT2D eigenvalue weighted by Gasteiger charge is 2.21. The number of aryl methyl sites for hydroxylation is 1. The van der Waals surface area contributed by atoms with E-state index in [-0.39, 0.29) is 5.56 Å². The lowest BCUT2D eigenvalue weighted by molar-refractivity contribution is 0.0944. The van der Waals surface area contributed by atoms with Crippen molar-refractivity contribution in [2.24, 2.45) is 0 Å². The summed E-state index contributed by atoms with van der Waals surface area (Å²) in [4.78, 5) is 34.1. The minimum absolute atomic E-state index is 0.0322. The number of anilines is 1. The maximum Gasteiger partial charge on any atom is 0.349 e. The zero-order chi connectivity index (χ0) is 22.9. The summed E-state index contributed by atoms with van der Waals surface area (Å²) in [5, 5.41) is 5.34. The summed E-state index contributed by atoms with van der Waals surface area (Å²) in [5.74, 6) is -0.406. The maximum atomic E-state index is 12.5. The molecule has 0 bridgehead atoms. The molecule has 1 fully saturated rings. The first-order chi connectivity index (χ1) is 16.0. The topological polar surface area (TPSA) is 78.7 Å². The second-order valence-electron chi connectivity index (χ2n) is 8.09. The van der Waals surface area contributed by atoms with E-state index in [1.807, 2.05) is 31.2 Å². The SMILES string of the molecule is Cc1c(Cl)ccc2sc(N3CCN(CCNC(=O)c4cc5ccccc5oc4=O)CC3)nc12. The number of para-hydroxylation sites is 1. The third-order valence-corrected chi connectivity index (χ3v) is 7.47. The van der Waals surface area contributed by atoms with E-state index in [0.29, 0.717) is 18.7 Å². The number of carbonyl (C=O) groups is 1. The van der Waals surface area contributed by atoms with Crippen molar-refractivity contribution in [2.75, 3.05) is 44.2 Å². The Kier molecular flexibility index (Phi) is 6.05. The average Bonchev–Trinajstić information content (AvgIpc) is 3.26. The number of halogens is 1. The zero-order valence-corrected chi connectivity index (χ0v) is 19.7. The summed E-state index contributed by atoms with van der Waals surface area (Å²) in [6, 6.07) is 12.7. The fourth-order valence-electron chi connectivity index (χ4n) is 4.03. The minimum atomic E-state index is -0.618. The third-order valence-electron chi connectivity index (χ3n) is 5.98. The van der Waals surface area contributed by atoms with Crippen molar-refractivity contribution in [3.05, 3.63) is 69.0 Å². The molecule has 9 heteroatoms. The second kappa shape index (κ2) is 9.13. The van der Waals surface area contributed by atoms with Gasteiger partial charge in [-0.1, -0.05) is 41.1 Å². The fraction of sp³-hybridized carbons (Fsp3) is 0.292. The molecular formula is C24H23ClN4O3S. The molecule has 2 aromatic carbocycles. The number of piperazine rings is 1. The van der Waals surface area contributed by atoms with Crippen LogP contribution in [0.15, 0.2) is 51.7 Å². The highest BCUT2D eigenvalue weighted by atomic mass is 35.5. The van der Waals surface area contributed by atoms with Gasteiger partial charge in [-0.05, 0) is 36.8 Å². The van der Waals surface area contributed by atoms with Crippen molar-refractivity contribution in [1.82, 2.24) is 15.2 Å². The average molecular weight is 483 g/mol. The van der Waals surface area contributed by atoms with Gasteiger partial charge in [-0.2, -0.15) is 0 Å². The lowest BCUT2D eigenvalue weighted by Crippen LogP contribution is -2.48. The molecule has 1 amide bonds. The largest absolute Gasteiger partial charge is 0.422 e. The molecule has 0 atom stereocenters. The van der Waals surface area contributed by atoms with Gasteiger partial charge in [0.15, 0.2) is 5.13 Å². The molecule has 5 rings (SSSR count). The molecule has 0 spiro atoms. The molecule has 0 saturated carbocycles. The van der Waals surface area contributed by atoms with Crippen LogP contribution in [0.2, 0.25) is 5.02 Å². The quantitative estimate of drug-likeness (QED) is 0.434. The molecule has 1 saturated heterocycles. The lowest BCUT2D eigenvalue weighted by atomic mass is 10.2. The van der Waals surface area contributed by atoms with Crippen molar-refractivity contribution in [1.29, 1.82) is 0 Å². The van der Waals surface area contributed by atoms with E-state index in [1.54, 1.807) is 29.5 Å². The first kappa shape index (κ1) is 21.9. The Balaban J connectivity index is 1.15. The molecular weight excluding hydrogens is 460 g/mol. The number of amides is 1. The van der Waals surface area contributed by atoms with Crippen LogP contribution in [-0.4, -0.2) is 55.1 Å². The molecule has 3 heterocycles. The van der Waals surface area contributed by atoms with Gasteiger partial charge in [0.1, 0.15) is 11.1 Å². The van der Waals surface area contributed by atoms with Gasteiger partial charge < -0.3 is 14.6 Å². The first-order valence-corrected chi connectivity index (χ1v) is 12.0. The van der Waals surface area contributed by atoms with Crippen LogP contribution in [0.5, 0.6) is 0 Å². The number of nitrogens with zero attached hydrogens (tertiary/aromatic N) is 3.